The zero-order valence-corrected chi connectivity index (χ0v) is 14.6. The maximum absolute atomic E-state index is 12.0. The van der Waals surface area contributed by atoms with Crippen LogP contribution in [-0.4, -0.2) is 11.0 Å². The smallest absolute Gasteiger partial charge is 0.240 e. The maximum atomic E-state index is 12.0. The summed E-state index contributed by atoms with van der Waals surface area (Å²) in [6.07, 6.45) is 0. The molecule has 126 valence electrons. The number of nitrogens with zero attached hydrogens (tertiary/aromatic N) is 2. The zero-order chi connectivity index (χ0) is 18.0. The Morgan fingerprint density at radius 3 is 2.32 bits per heavy atom. The standard InChI is InChI=1S/C18H14ClN3O2S/c19-13-8-6-11(7-9-13)15-14(10-20)18(21)25-17(16(15)22(23)24)12-4-2-1-3-5-12/h1-9,15-17H,21H2/t15-,16-,17+/m0/s1. The van der Waals surface area contributed by atoms with Gasteiger partial charge in [-0.15, -0.1) is 0 Å². The Morgan fingerprint density at radius 1 is 1.12 bits per heavy atom. The highest BCUT2D eigenvalue weighted by Gasteiger charge is 2.48. The lowest BCUT2D eigenvalue weighted by atomic mass is 9.82. The molecule has 0 bridgehead atoms. The van der Waals surface area contributed by atoms with E-state index < -0.39 is 17.2 Å². The van der Waals surface area contributed by atoms with Crippen molar-refractivity contribution in [2.24, 2.45) is 5.73 Å². The number of hydrogen-bond donors (Lipinski definition) is 1. The van der Waals surface area contributed by atoms with Gasteiger partial charge in [0.1, 0.15) is 5.25 Å². The molecule has 3 rings (SSSR count). The molecule has 0 saturated heterocycles. The third-order valence-corrected chi connectivity index (χ3v) is 5.73. The third-order valence-electron chi connectivity index (χ3n) is 4.20. The highest BCUT2D eigenvalue weighted by atomic mass is 35.5. The van der Waals surface area contributed by atoms with Crippen LogP contribution >= 0.6 is 23.4 Å². The Kier molecular flexibility index (Phi) is 4.98. The Balaban J connectivity index is 2.17. The van der Waals surface area contributed by atoms with Crippen LogP contribution in [-0.2, 0) is 0 Å². The summed E-state index contributed by atoms with van der Waals surface area (Å²) in [5.74, 6) is -0.719. The van der Waals surface area contributed by atoms with Crippen molar-refractivity contribution in [2.75, 3.05) is 0 Å². The minimum absolute atomic E-state index is 0.237. The fourth-order valence-corrected chi connectivity index (χ4v) is 4.46. The second-order valence-electron chi connectivity index (χ2n) is 5.64. The molecule has 25 heavy (non-hydrogen) atoms. The predicted molar refractivity (Wildman–Crippen MR) is 98.6 cm³/mol. The summed E-state index contributed by atoms with van der Waals surface area (Å²) >= 11 is 7.11. The third kappa shape index (κ3) is 3.34. The summed E-state index contributed by atoms with van der Waals surface area (Å²) < 4.78 is 0. The molecule has 0 unspecified atom stereocenters. The van der Waals surface area contributed by atoms with Crippen LogP contribution < -0.4 is 5.73 Å². The lowest BCUT2D eigenvalue weighted by molar-refractivity contribution is -0.525. The van der Waals surface area contributed by atoms with Gasteiger partial charge in [0.05, 0.1) is 22.6 Å². The molecular weight excluding hydrogens is 358 g/mol. The summed E-state index contributed by atoms with van der Waals surface area (Å²) in [4.78, 5) is 11.6. The van der Waals surface area contributed by atoms with E-state index in [1.54, 1.807) is 24.3 Å². The number of rotatable bonds is 3. The van der Waals surface area contributed by atoms with Gasteiger partial charge in [0.15, 0.2) is 0 Å². The van der Waals surface area contributed by atoms with Gasteiger partial charge in [-0.25, -0.2) is 0 Å². The van der Waals surface area contributed by atoms with E-state index in [0.717, 1.165) is 5.56 Å². The molecule has 3 atom stereocenters. The topological polar surface area (TPSA) is 93.0 Å². The van der Waals surface area contributed by atoms with Crippen molar-refractivity contribution in [3.05, 3.63) is 91.5 Å². The van der Waals surface area contributed by atoms with Gasteiger partial charge in [0, 0.05) is 9.95 Å². The molecule has 2 aromatic carbocycles. The van der Waals surface area contributed by atoms with Gasteiger partial charge in [0.25, 0.3) is 0 Å². The van der Waals surface area contributed by atoms with E-state index in [-0.39, 0.29) is 10.5 Å². The number of halogens is 1. The highest BCUT2D eigenvalue weighted by molar-refractivity contribution is 8.03. The molecule has 1 aliphatic heterocycles. The van der Waals surface area contributed by atoms with Crippen molar-refractivity contribution in [3.8, 4) is 6.07 Å². The maximum Gasteiger partial charge on any atom is 0.240 e. The van der Waals surface area contributed by atoms with Crippen LogP contribution in [0.5, 0.6) is 0 Å². The molecule has 1 aliphatic rings. The summed E-state index contributed by atoms with van der Waals surface area (Å²) in [5.41, 5.74) is 7.82. The van der Waals surface area contributed by atoms with Crippen LogP contribution in [0.1, 0.15) is 22.3 Å². The first-order chi connectivity index (χ1) is 12.0. The van der Waals surface area contributed by atoms with Crippen molar-refractivity contribution in [1.82, 2.24) is 0 Å². The molecule has 0 aromatic heterocycles. The van der Waals surface area contributed by atoms with Crippen LogP contribution in [0, 0.1) is 21.4 Å². The number of benzene rings is 2. The summed E-state index contributed by atoms with van der Waals surface area (Å²) in [6, 6.07) is 17.0. The fraction of sp³-hybridized carbons (Fsp3) is 0.167. The van der Waals surface area contributed by atoms with E-state index in [2.05, 4.69) is 6.07 Å². The first-order valence-corrected chi connectivity index (χ1v) is 8.79. The second kappa shape index (κ2) is 7.18. The number of thioether (sulfide) groups is 1. The monoisotopic (exact) mass is 371 g/mol. The molecular formula is C18H14ClN3O2S. The predicted octanol–water partition coefficient (Wildman–Crippen LogP) is 4.25. The lowest BCUT2D eigenvalue weighted by Crippen LogP contribution is -2.37. The molecule has 0 fully saturated rings. The van der Waals surface area contributed by atoms with Gasteiger partial charge in [-0.1, -0.05) is 65.8 Å². The molecule has 0 amide bonds. The van der Waals surface area contributed by atoms with E-state index in [0.29, 0.717) is 15.6 Å². The first kappa shape index (κ1) is 17.3. The Bertz CT molecular complexity index is 862. The number of hydrogen-bond acceptors (Lipinski definition) is 5. The summed E-state index contributed by atoms with van der Waals surface area (Å²) in [7, 11) is 0. The molecule has 0 radical (unpaired) electrons. The summed E-state index contributed by atoms with van der Waals surface area (Å²) in [6.45, 7) is 0. The first-order valence-electron chi connectivity index (χ1n) is 7.53. The molecule has 2 aromatic rings. The second-order valence-corrected chi connectivity index (χ2v) is 7.26. The van der Waals surface area contributed by atoms with Crippen molar-refractivity contribution in [3.63, 3.8) is 0 Å². The Hall–Kier alpha value is -2.49. The van der Waals surface area contributed by atoms with Gasteiger partial charge in [0.2, 0.25) is 6.04 Å². The zero-order valence-electron chi connectivity index (χ0n) is 13.0. The Labute approximate surface area is 154 Å². The minimum atomic E-state index is -1.00. The molecule has 5 nitrogen and oxygen atoms in total. The fourth-order valence-electron chi connectivity index (χ4n) is 3.07. The largest absolute Gasteiger partial charge is 0.393 e. The Morgan fingerprint density at radius 2 is 1.76 bits per heavy atom. The SMILES string of the molecule is N#CC1=C(N)S[C@H](c2ccccc2)[C@@H]([N+](=O)[O-])[C@H]1c1ccc(Cl)cc1. The van der Waals surface area contributed by atoms with Gasteiger partial charge < -0.3 is 5.73 Å². The van der Waals surface area contributed by atoms with Gasteiger partial charge in [-0.05, 0) is 23.3 Å². The summed E-state index contributed by atoms with van der Waals surface area (Å²) in [5, 5.41) is 21.9. The van der Waals surface area contributed by atoms with E-state index in [4.69, 9.17) is 17.3 Å². The van der Waals surface area contributed by atoms with Crippen LogP contribution in [0.4, 0.5) is 0 Å². The molecule has 0 spiro atoms. The molecule has 0 saturated carbocycles. The van der Waals surface area contributed by atoms with E-state index >= 15 is 0 Å². The van der Waals surface area contributed by atoms with E-state index in [9.17, 15) is 15.4 Å². The molecule has 0 aliphatic carbocycles. The van der Waals surface area contributed by atoms with Crippen LogP contribution in [0.25, 0.3) is 0 Å². The normalized spacial score (nSPS) is 23.1. The van der Waals surface area contributed by atoms with Crippen LogP contribution in [0.2, 0.25) is 5.02 Å². The van der Waals surface area contributed by atoms with Crippen LogP contribution in [0.15, 0.2) is 65.2 Å². The number of nitrogens with two attached hydrogens (primary N) is 1. The van der Waals surface area contributed by atoms with Gasteiger partial charge in [-0.3, -0.25) is 10.1 Å². The van der Waals surface area contributed by atoms with Crippen molar-refractivity contribution in [1.29, 1.82) is 5.26 Å². The van der Waals surface area contributed by atoms with E-state index in [1.807, 2.05) is 30.3 Å². The molecule has 1 heterocycles. The average molecular weight is 372 g/mol. The average Bonchev–Trinajstić information content (AvgIpc) is 2.62. The molecule has 2 N–H and O–H groups in total. The minimum Gasteiger partial charge on any atom is -0.393 e. The highest BCUT2D eigenvalue weighted by Crippen LogP contribution is 2.50. The number of nitro groups is 1. The van der Waals surface area contributed by atoms with Crippen molar-refractivity contribution in [2.45, 2.75) is 17.2 Å². The van der Waals surface area contributed by atoms with Crippen LogP contribution in [0.3, 0.4) is 0 Å². The van der Waals surface area contributed by atoms with Gasteiger partial charge >= 0.3 is 0 Å². The lowest BCUT2D eigenvalue weighted by Gasteiger charge is -2.32. The van der Waals surface area contributed by atoms with Gasteiger partial charge in [-0.2, -0.15) is 5.26 Å². The van der Waals surface area contributed by atoms with Crippen molar-refractivity contribution >= 4 is 23.4 Å². The number of nitriles is 1. The van der Waals surface area contributed by atoms with E-state index in [1.165, 1.54) is 11.8 Å². The quantitative estimate of drug-likeness (QED) is 0.643. The van der Waals surface area contributed by atoms with Crippen molar-refractivity contribution < 1.29 is 4.92 Å². The molecule has 7 heteroatoms.